The predicted molar refractivity (Wildman–Crippen MR) is 72.0 cm³/mol. The Morgan fingerprint density at radius 2 is 2.06 bits per heavy atom. The third-order valence-corrected chi connectivity index (χ3v) is 1.96. The largest absolute Gasteiger partial charge is 0.491 e. The van der Waals surface area contributed by atoms with Gasteiger partial charge in [-0.3, -0.25) is 4.79 Å². The number of nitrogens with one attached hydrogen (secondary N) is 2. The van der Waals surface area contributed by atoms with Crippen molar-refractivity contribution in [2.45, 2.75) is 13.3 Å². The minimum absolute atomic E-state index is 0. The molecule has 2 N–H and O–H groups in total. The van der Waals surface area contributed by atoms with Gasteiger partial charge in [-0.15, -0.1) is 12.4 Å². The molecular weight excluding hydrogens is 240 g/mol. The van der Waals surface area contributed by atoms with Crippen molar-refractivity contribution in [2.24, 2.45) is 0 Å². The molecule has 0 bridgehead atoms. The van der Waals surface area contributed by atoms with Crippen LogP contribution in [0.1, 0.15) is 13.3 Å². The van der Waals surface area contributed by atoms with Gasteiger partial charge in [-0.05, 0) is 25.6 Å². The Morgan fingerprint density at radius 1 is 1.35 bits per heavy atom. The lowest BCUT2D eigenvalue weighted by atomic mass is 10.3. The maximum atomic E-state index is 11.4. The summed E-state index contributed by atoms with van der Waals surface area (Å²) in [5, 5.41) is 5.59. The first kappa shape index (κ1) is 15.7. The molecule has 0 saturated heterocycles. The maximum absolute atomic E-state index is 11.4. The fourth-order valence-corrected chi connectivity index (χ4v) is 1.26. The van der Waals surface area contributed by atoms with Gasteiger partial charge in [0.2, 0.25) is 5.91 Å². The summed E-state index contributed by atoms with van der Waals surface area (Å²) in [5.74, 6) is 0.642. The van der Waals surface area contributed by atoms with Gasteiger partial charge in [-0.2, -0.15) is 0 Å². The third-order valence-electron chi connectivity index (χ3n) is 1.96. The average molecular weight is 259 g/mol. The molecule has 0 saturated carbocycles. The van der Waals surface area contributed by atoms with Crippen LogP contribution in [-0.2, 0) is 4.79 Å². The molecular formula is C12H19ClN2O2. The summed E-state index contributed by atoms with van der Waals surface area (Å²) in [4.78, 5) is 11.4. The zero-order valence-electron chi connectivity index (χ0n) is 10.2. The molecule has 0 spiro atoms. The summed E-state index contributed by atoms with van der Waals surface area (Å²) in [6.45, 7) is 2.99. The Hall–Kier alpha value is -1.26. The van der Waals surface area contributed by atoms with Crippen molar-refractivity contribution >= 4 is 24.0 Å². The summed E-state index contributed by atoms with van der Waals surface area (Å²) in [6.07, 6.45) is 0.943. The molecule has 1 rings (SSSR count). The molecule has 17 heavy (non-hydrogen) atoms. The highest BCUT2D eigenvalue weighted by molar-refractivity contribution is 5.93. The second kappa shape index (κ2) is 8.84. The summed E-state index contributed by atoms with van der Waals surface area (Å²) >= 11 is 0. The molecule has 0 fully saturated rings. The minimum atomic E-state index is -0.0740. The first-order valence-corrected chi connectivity index (χ1v) is 5.44. The van der Waals surface area contributed by atoms with Gasteiger partial charge in [-0.25, -0.2) is 0 Å². The lowest BCUT2D eigenvalue weighted by Crippen LogP contribution is -2.25. The first-order chi connectivity index (χ1) is 7.77. The quantitative estimate of drug-likeness (QED) is 0.821. The lowest BCUT2D eigenvalue weighted by molar-refractivity contribution is -0.115. The van der Waals surface area contributed by atoms with Gasteiger partial charge < -0.3 is 15.4 Å². The van der Waals surface area contributed by atoms with Crippen molar-refractivity contribution in [1.82, 2.24) is 5.32 Å². The van der Waals surface area contributed by atoms with E-state index in [0.717, 1.165) is 12.1 Å². The topological polar surface area (TPSA) is 50.4 Å². The van der Waals surface area contributed by atoms with E-state index in [0.29, 0.717) is 18.9 Å². The Balaban J connectivity index is 0.00000256. The van der Waals surface area contributed by atoms with E-state index in [1.54, 1.807) is 7.05 Å². The second-order valence-electron chi connectivity index (χ2n) is 3.42. The molecule has 0 aliphatic rings. The Bertz CT molecular complexity index is 345. The molecule has 1 amide bonds. The molecule has 0 aromatic heterocycles. The Morgan fingerprint density at radius 3 is 2.71 bits per heavy atom. The van der Waals surface area contributed by atoms with E-state index in [4.69, 9.17) is 4.74 Å². The van der Waals surface area contributed by atoms with Gasteiger partial charge in [0.1, 0.15) is 5.75 Å². The van der Waals surface area contributed by atoms with Gasteiger partial charge >= 0.3 is 0 Å². The smallest absolute Gasteiger partial charge is 0.238 e. The van der Waals surface area contributed by atoms with Crippen molar-refractivity contribution in [3.05, 3.63) is 24.3 Å². The number of anilines is 1. The predicted octanol–water partition coefficient (Wildman–Crippen LogP) is 2.06. The van der Waals surface area contributed by atoms with Crippen LogP contribution in [0, 0.1) is 0 Å². The van der Waals surface area contributed by atoms with Gasteiger partial charge in [0.15, 0.2) is 0 Å². The fourth-order valence-electron chi connectivity index (χ4n) is 1.26. The van der Waals surface area contributed by atoms with Crippen LogP contribution in [0.15, 0.2) is 24.3 Å². The number of amides is 1. The fraction of sp³-hybridized carbons (Fsp3) is 0.417. The summed E-state index contributed by atoms with van der Waals surface area (Å²) in [7, 11) is 1.74. The van der Waals surface area contributed by atoms with Crippen molar-refractivity contribution in [1.29, 1.82) is 0 Å². The number of hydrogen-bond donors (Lipinski definition) is 2. The van der Waals surface area contributed by atoms with Crippen LogP contribution in [0.25, 0.3) is 0 Å². The lowest BCUT2D eigenvalue weighted by Gasteiger charge is -2.11. The van der Waals surface area contributed by atoms with Gasteiger partial charge in [0.05, 0.1) is 18.8 Å². The number of benzene rings is 1. The molecule has 0 unspecified atom stereocenters. The van der Waals surface area contributed by atoms with Crippen molar-refractivity contribution in [3.8, 4) is 5.75 Å². The number of ether oxygens (including phenoxy) is 1. The van der Waals surface area contributed by atoms with Crippen LogP contribution >= 0.6 is 12.4 Å². The maximum Gasteiger partial charge on any atom is 0.238 e. The van der Waals surface area contributed by atoms with Crippen LogP contribution in [0.4, 0.5) is 5.69 Å². The standard InChI is InChI=1S/C12H18N2O2.ClH/c1-3-8-16-11-7-5-4-6-10(11)14-12(15)9-13-2;/h4-7,13H,3,8-9H2,1-2H3,(H,14,15);1H. The molecule has 0 atom stereocenters. The highest BCUT2D eigenvalue weighted by Gasteiger charge is 2.05. The van der Waals surface area contributed by atoms with Crippen molar-refractivity contribution < 1.29 is 9.53 Å². The number of para-hydroxylation sites is 2. The van der Waals surface area contributed by atoms with Crippen LogP contribution in [-0.4, -0.2) is 26.1 Å². The summed E-state index contributed by atoms with van der Waals surface area (Å²) < 4.78 is 5.53. The molecule has 96 valence electrons. The molecule has 5 heteroatoms. The normalized spacial score (nSPS) is 9.29. The molecule has 1 aromatic carbocycles. The van der Waals surface area contributed by atoms with Crippen molar-refractivity contribution in [2.75, 3.05) is 25.5 Å². The van der Waals surface area contributed by atoms with E-state index < -0.39 is 0 Å². The summed E-state index contributed by atoms with van der Waals surface area (Å²) in [5.41, 5.74) is 0.719. The molecule has 0 aliphatic carbocycles. The van der Waals surface area contributed by atoms with E-state index >= 15 is 0 Å². The zero-order valence-corrected chi connectivity index (χ0v) is 11.0. The summed E-state index contributed by atoms with van der Waals surface area (Å²) in [6, 6.07) is 7.44. The van der Waals surface area contributed by atoms with Gasteiger partial charge in [0.25, 0.3) is 0 Å². The average Bonchev–Trinajstić information content (AvgIpc) is 2.28. The Labute approximate surface area is 108 Å². The Kier molecular flexibility index (Phi) is 8.19. The minimum Gasteiger partial charge on any atom is -0.491 e. The van der Waals surface area contributed by atoms with E-state index in [9.17, 15) is 4.79 Å². The van der Waals surface area contributed by atoms with E-state index in [1.165, 1.54) is 0 Å². The van der Waals surface area contributed by atoms with E-state index in [1.807, 2.05) is 31.2 Å². The molecule has 1 aromatic rings. The highest BCUT2D eigenvalue weighted by atomic mass is 35.5. The van der Waals surface area contributed by atoms with Gasteiger partial charge in [-0.1, -0.05) is 19.1 Å². The van der Waals surface area contributed by atoms with Crippen molar-refractivity contribution in [3.63, 3.8) is 0 Å². The molecule has 0 aliphatic heterocycles. The van der Waals surface area contributed by atoms with Crippen LogP contribution < -0.4 is 15.4 Å². The zero-order chi connectivity index (χ0) is 11.8. The van der Waals surface area contributed by atoms with Gasteiger partial charge in [0, 0.05) is 0 Å². The first-order valence-electron chi connectivity index (χ1n) is 5.44. The molecule has 4 nitrogen and oxygen atoms in total. The number of carbonyl (C=O) groups excluding carboxylic acids is 1. The number of halogens is 1. The molecule has 0 heterocycles. The van der Waals surface area contributed by atoms with E-state index in [2.05, 4.69) is 10.6 Å². The number of carbonyl (C=O) groups is 1. The van der Waals surface area contributed by atoms with Crippen LogP contribution in [0.2, 0.25) is 0 Å². The van der Waals surface area contributed by atoms with Crippen LogP contribution in [0.5, 0.6) is 5.75 Å². The number of hydrogen-bond acceptors (Lipinski definition) is 3. The number of rotatable bonds is 6. The highest BCUT2D eigenvalue weighted by Crippen LogP contribution is 2.23. The molecule has 0 radical (unpaired) electrons. The second-order valence-corrected chi connectivity index (χ2v) is 3.42. The SMILES string of the molecule is CCCOc1ccccc1NC(=O)CNC.Cl. The monoisotopic (exact) mass is 258 g/mol. The van der Waals surface area contributed by atoms with E-state index in [-0.39, 0.29) is 18.3 Å². The van der Waals surface area contributed by atoms with Crippen LogP contribution in [0.3, 0.4) is 0 Å². The number of likely N-dealkylation sites (N-methyl/N-ethyl adjacent to an activating group) is 1. The third kappa shape index (κ3) is 5.56.